The summed E-state index contributed by atoms with van der Waals surface area (Å²) in [6.45, 7) is 7.22. The molecule has 0 aliphatic heterocycles. The van der Waals surface area contributed by atoms with E-state index in [9.17, 15) is 0 Å². The largest absolute Gasteiger partial charge is 0.309 e. The Morgan fingerprint density at radius 3 is 1.63 bits per heavy atom. The highest BCUT2D eigenvalue weighted by atomic mass is 28.3. The molecular formula is C50H39N3Si. The van der Waals surface area contributed by atoms with E-state index in [0.29, 0.717) is 0 Å². The molecule has 10 aromatic rings. The van der Waals surface area contributed by atoms with Gasteiger partial charge in [0.15, 0.2) is 0 Å². The molecule has 4 heteroatoms. The van der Waals surface area contributed by atoms with Crippen LogP contribution < -0.4 is 5.19 Å². The number of hydrogen-bond donors (Lipinski definition) is 0. The van der Waals surface area contributed by atoms with E-state index >= 15 is 0 Å². The van der Waals surface area contributed by atoms with Crippen molar-refractivity contribution in [1.29, 1.82) is 0 Å². The molecular weight excluding hydrogens is 671 g/mol. The first-order chi connectivity index (χ1) is 26.4. The highest BCUT2D eigenvalue weighted by Gasteiger charge is 2.19. The predicted octanol–water partition coefficient (Wildman–Crippen LogP) is 12.8. The smallest absolute Gasteiger partial charge is 0.138 e. The van der Waals surface area contributed by atoms with E-state index in [1.165, 1.54) is 60.1 Å². The first-order valence-corrected chi connectivity index (χ1v) is 22.2. The summed E-state index contributed by atoms with van der Waals surface area (Å²) in [5, 5.41) is 6.42. The van der Waals surface area contributed by atoms with E-state index in [2.05, 4.69) is 211 Å². The van der Waals surface area contributed by atoms with E-state index in [0.717, 1.165) is 33.7 Å². The van der Waals surface area contributed by atoms with E-state index in [1.807, 2.05) is 0 Å². The maximum atomic E-state index is 5.33. The molecule has 54 heavy (non-hydrogen) atoms. The molecule has 0 spiro atoms. The van der Waals surface area contributed by atoms with Gasteiger partial charge in [-0.15, -0.1) is 0 Å². The highest BCUT2D eigenvalue weighted by molar-refractivity contribution is 6.88. The van der Waals surface area contributed by atoms with E-state index < -0.39 is 8.07 Å². The second-order valence-electron chi connectivity index (χ2n) is 15.3. The Morgan fingerprint density at radius 1 is 0.370 bits per heavy atom. The minimum absolute atomic E-state index is 0.903. The Hall–Kier alpha value is -6.49. The van der Waals surface area contributed by atoms with Crippen LogP contribution in [0.25, 0.3) is 88.6 Å². The van der Waals surface area contributed by atoms with Crippen LogP contribution in [-0.4, -0.2) is 22.2 Å². The van der Waals surface area contributed by atoms with Crippen molar-refractivity contribution < 1.29 is 0 Å². The maximum absolute atomic E-state index is 5.33. The van der Waals surface area contributed by atoms with Crippen LogP contribution in [0, 0.1) is 0 Å². The molecule has 3 aromatic heterocycles. The van der Waals surface area contributed by atoms with Crippen LogP contribution in [-0.2, 0) is 0 Å². The van der Waals surface area contributed by atoms with Crippen molar-refractivity contribution in [2.45, 2.75) is 19.6 Å². The minimum atomic E-state index is -1.42. The molecule has 0 aliphatic carbocycles. The van der Waals surface area contributed by atoms with Crippen LogP contribution in [0.15, 0.2) is 182 Å². The average Bonchev–Trinajstić information content (AvgIpc) is 3.73. The molecule has 258 valence electrons. The summed E-state index contributed by atoms with van der Waals surface area (Å²) in [6, 6.07) is 66.2. The quantitative estimate of drug-likeness (QED) is 0.158. The molecule has 0 saturated carbocycles. The van der Waals surface area contributed by atoms with Crippen molar-refractivity contribution >= 4 is 56.9 Å². The van der Waals surface area contributed by atoms with Crippen molar-refractivity contribution in [3.63, 3.8) is 0 Å². The van der Waals surface area contributed by atoms with Crippen LogP contribution in [0.3, 0.4) is 0 Å². The van der Waals surface area contributed by atoms with Gasteiger partial charge in [-0.2, -0.15) is 0 Å². The van der Waals surface area contributed by atoms with Crippen LogP contribution in [0.2, 0.25) is 19.6 Å². The highest BCUT2D eigenvalue weighted by Crippen LogP contribution is 2.39. The summed E-state index contributed by atoms with van der Waals surface area (Å²) < 4.78 is 4.76. The number of rotatable bonds is 6. The molecule has 0 N–H and O–H groups in total. The van der Waals surface area contributed by atoms with Crippen molar-refractivity contribution in [2.24, 2.45) is 0 Å². The van der Waals surface area contributed by atoms with Gasteiger partial charge in [0.1, 0.15) is 5.82 Å². The number of nitrogens with zero attached hydrogens (tertiary/aromatic N) is 3. The van der Waals surface area contributed by atoms with E-state index in [4.69, 9.17) is 4.98 Å². The zero-order chi connectivity index (χ0) is 36.4. The lowest BCUT2D eigenvalue weighted by molar-refractivity contribution is 1.08. The maximum Gasteiger partial charge on any atom is 0.138 e. The number of pyridine rings is 1. The average molecular weight is 710 g/mol. The van der Waals surface area contributed by atoms with Crippen LogP contribution in [0.1, 0.15) is 0 Å². The van der Waals surface area contributed by atoms with Gasteiger partial charge in [0.05, 0.1) is 35.8 Å². The van der Waals surface area contributed by atoms with Gasteiger partial charge < -0.3 is 4.57 Å². The Bertz CT molecular complexity index is 2950. The van der Waals surface area contributed by atoms with Gasteiger partial charge in [-0.25, -0.2) is 4.98 Å². The first-order valence-electron chi connectivity index (χ1n) is 18.7. The number of aromatic nitrogens is 3. The van der Waals surface area contributed by atoms with Crippen molar-refractivity contribution in [2.75, 3.05) is 0 Å². The molecule has 0 fully saturated rings. The third-order valence-electron chi connectivity index (χ3n) is 10.9. The van der Waals surface area contributed by atoms with E-state index in [-0.39, 0.29) is 0 Å². The molecule has 0 atom stereocenters. The third kappa shape index (κ3) is 5.37. The van der Waals surface area contributed by atoms with Gasteiger partial charge in [-0.05, 0) is 76.9 Å². The van der Waals surface area contributed by atoms with Crippen LogP contribution >= 0.6 is 0 Å². The van der Waals surface area contributed by atoms with Gasteiger partial charge in [-0.3, -0.25) is 4.57 Å². The molecule has 10 rings (SSSR count). The minimum Gasteiger partial charge on any atom is -0.309 e. The van der Waals surface area contributed by atoms with Crippen molar-refractivity contribution in [3.05, 3.63) is 182 Å². The van der Waals surface area contributed by atoms with Gasteiger partial charge >= 0.3 is 0 Å². The van der Waals surface area contributed by atoms with Crippen LogP contribution in [0.4, 0.5) is 0 Å². The van der Waals surface area contributed by atoms with Gasteiger partial charge in [0.2, 0.25) is 0 Å². The summed E-state index contributed by atoms with van der Waals surface area (Å²) in [7, 11) is -1.42. The summed E-state index contributed by atoms with van der Waals surface area (Å²) >= 11 is 0. The third-order valence-corrected chi connectivity index (χ3v) is 13.0. The fourth-order valence-corrected chi connectivity index (χ4v) is 9.29. The molecule has 0 unspecified atom stereocenters. The first kappa shape index (κ1) is 32.2. The Morgan fingerprint density at radius 2 is 0.926 bits per heavy atom. The lowest BCUT2D eigenvalue weighted by atomic mass is 10.0. The van der Waals surface area contributed by atoms with Gasteiger partial charge in [0, 0.05) is 32.8 Å². The molecule has 7 aromatic carbocycles. The fraction of sp³-hybridized carbons (Fsp3) is 0.0600. The summed E-state index contributed by atoms with van der Waals surface area (Å²) in [5.41, 5.74) is 12.6. The lowest BCUT2D eigenvalue weighted by Gasteiger charge is -2.17. The number of benzene rings is 7. The molecule has 0 bridgehead atoms. The topological polar surface area (TPSA) is 22.8 Å². The molecule has 3 nitrogen and oxygen atoms in total. The monoisotopic (exact) mass is 709 g/mol. The summed E-state index contributed by atoms with van der Waals surface area (Å²) in [5.74, 6) is 0.903. The van der Waals surface area contributed by atoms with Crippen molar-refractivity contribution in [1.82, 2.24) is 14.1 Å². The Kier molecular flexibility index (Phi) is 7.50. The SMILES string of the molecule is C[Si](C)(C)c1ccc(-n2c3ccccc3c3ccc(-c4ccc5c(c4)c4ccccc4n5-c4cc(-c5ccccc5)cc(-c5ccccc5)n4)cc32)cc1. The second-order valence-corrected chi connectivity index (χ2v) is 20.4. The number of para-hydroxylation sites is 2. The predicted molar refractivity (Wildman–Crippen MR) is 232 cm³/mol. The fourth-order valence-electron chi connectivity index (χ4n) is 8.12. The molecule has 0 saturated heterocycles. The van der Waals surface area contributed by atoms with Crippen molar-refractivity contribution in [3.8, 4) is 45.0 Å². The zero-order valence-corrected chi connectivity index (χ0v) is 31.7. The number of fused-ring (bicyclic) bond motifs is 6. The second kappa shape index (κ2) is 12.6. The molecule has 0 amide bonds. The van der Waals surface area contributed by atoms with Gasteiger partial charge in [-0.1, -0.05) is 152 Å². The van der Waals surface area contributed by atoms with Crippen LogP contribution in [0.5, 0.6) is 0 Å². The summed E-state index contributed by atoms with van der Waals surface area (Å²) in [4.78, 5) is 5.33. The lowest BCUT2D eigenvalue weighted by Crippen LogP contribution is -2.37. The standard InChI is InChI=1S/C50H39N3Si/c1-54(2,3)40-26-24-39(25-27-40)52-46-20-12-10-18-41(46)43-28-22-37(32-49(43)52)36-23-29-48-44(30-36)42-19-11-13-21-47(42)53(48)50-33-38(34-14-6-4-7-15-34)31-45(51-50)35-16-8-5-9-17-35/h4-33H,1-3H3. The molecule has 0 aliphatic rings. The Labute approximate surface area is 316 Å². The summed E-state index contributed by atoms with van der Waals surface area (Å²) in [6.07, 6.45) is 0. The molecule has 0 radical (unpaired) electrons. The zero-order valence-electron chi connectivity index (χ0n) is 30.7. The van der Waals surface area contributed by atoms with E-state index in [1.54, 1.807) is 0 Å². The number of hydrogen-bond acceptors (Lipinski definition) is 1. The normalized spacial score (nSPS) is 12.0. The Balaban J connectivity index is 1.16. The molecule has 3 heterocycles. The van der Waals surface area contributed by atoms with Gasteiger partial charge in [0.25, 0.3) is 0 Å².